The van der Waals surface area contributed by atoms with Crippen molar-refractivity contribution >= 4 is 56.9 Å². The van der Waals surface area contributed by atoms with Crippen LogP contribution in [0.25, 0.3) is 9.81 Å². The molecule has 0 nitrogen and oxygen atoms in total. The average Bonchev–Trinajstić information content (AvgIpc) is 2.98. The first-order valence-electron chi connectivity index (χ1n) is 9.21. The van der Waals surface area contributed by atoms with E-state index in [0.29, 0.717) is 5.41 Å². The fraction of sp³-hybridized carbons (Fsp3) is 0.304. The third-order valence-electron chi connectivity index (χ3n) is 4.95. The number of hydrogen-bond donors (Lipinski definition) is 0. The monoisotopic (exact) mass is 428 g/mol. The molecule has 2 heterocycles. The molecule has 4 heteroatoms. The Morgan fingerprint density at radius 3 is 1.33 bits per heavy atom. The molecule has 2 aromatic rings. The third-order valence-corrected chi connectivity index (χ3v) is 11.2. The summed E-state index contributed by atoms with van der Waals surface area (Å²) < 4.78 is 0. The summed E-state index contributed by atoms with van der Waals surface area (Å²) in [6, 6.07) is 21.8. The van der Waals surface area contributed by atoms with Gasteiger partial charge in [0, 0.05) is 38.2 Å². The first kappa shape index (κ1) is 19.6. The van der Waals surface area contributed by atoms with E-state index >= 15 is 0 Å². The Balaban J connectivity index is 1.52. The molecule has 0 aliphatic carbocycles. The first-order valence-corrected chi connectivity index (χ1v) is 13.1. The van der Waals surface area contributed by atoms with Crippen molar-refractivity contribution in [1.29, 1.82) is 0 Å². The van der Waals surface area contributed by atoms with Gasteiger partial charge in [-0.1, -0.05) is 60.7 Å². The number of hydrogen-bond acceptors (Lipinski definition) is 4. The van der Waals surface area contributed by atoms with Gasteiger partial charge in [-0.25, -0.2) is 0 Å². The lowest BCUT2D eigenvalue weighted by Gasteiger charge is -2.30. The molecule has 2 aromatic carbocycles. The molecule has 27 heavy (non-hydrogen) atoms. The molecule has 0 radical (unpaired) electrons. The summed E-state index contributed by atoms with van der Waals surface area (Å²) in [4.78, 5) is 5.92. The van der Waals surface area contributed by atoms with Gasteiger partial charge in [0.1, 0.15) is 0 Å². The van der Waals surface area contributed by atoms with Gasteiger partial charge < -0.3 is 0 Å². The molecule has 0 aromatic heterocycles. The minimum absolute atomic E-state index is 0.375. The van der Waals surface area contributed by atoms with E-state index in [0.717, 1.165) is 0 Å². The smallest absolute Gasteiger partial charge is 0.0237 e. The highest BCUT2D eigenvalue weighted by Gasteiger charge is 2.36. The summed E-state index contributed by atoms with van der Waals surface area (Å²) in [5.74, 6) is 4.85. The van der Waals surface area contributed by atoms with Gasteiger partial charge in [-0.05, 0) is 34.8 Å². The molecule has 2 aliphatic heterocycles. The summed E-state index contributed by atoms with van der Waals surface area (Å²) in [6.07, 6.45) is 0. The third kappa shape index (κ3) is 4.50. The molecular weight excluding hydrogens is 405 g/mol. The highest BCUT2D eigenvalue weighted by Crippen LogP contribution is 2.51. The van der Waals surface area contributed by atoms with E-state index in [-0.39, 0.29) is 0 Å². The number of allylic oxidation sites excluding steroid dienone is 2. The second-order valence-electron chi connectivity index (χ2n) is 7.16. The zero-order valence-electron chi connectivity index (χ0n) is 15.7. The highest BCUT2D eigenvalue weighted by molar-refractivity contribution is 8.13. The van der Waals surface area contributed by atoms with E-state index in [9.17, 15) is 0 Å². The largest absolute Gasteiger partial charge is 0.129 e. The molecular formula is C23H24S4. The van der Waals surface area contributed by atoms with Gasteiger partial charge in [0.25, 0.3) is 0 Å². The van der Waals surface area contributed by atoms with Gasteiger partial charge in [-0.15, -0.1) is 47.0 Å². The van der Waals surface area contributed by atoms with Crippen molar-refractivity contribution < 1.29 is 0 Å². The second-order valence-corrected chi connectivity index (χ2v) is 11.5. The summed E-state index contributed by atoms with van der Waals surface area (Å²) in [7, 11) is 0. The second kappa shape index (κ2) is 8.77. The quantitative estimate of drug-likeness (QED) is 0.480. The van der Waals surface area contributed by atoms with Crippen LogP contribution in [0.4, 0.5) is 0 Å². The van der Waals surface area contributed by atoms with Gasteiger partial charge in [-0.2, -0.15) is 0 Å². The van der Waals surface area contributed by atoms with E-state index in [1.165, 1.54) is 53.8 Å². The van der Waals surface area contributed by atoms with Crippen molar-refractivity contribution in [2.24, 2.45) is 5.41 Å². The van der Waals surface area contributed by atoms with E-state index < -0.39 is 0 Å². The first-order chi connectivity index (χ1) is 13.2. The van der Waals surface area contributed by atoms with E-state index in [1.54, 1.807) is 0 Å². The number of benzene rings is 2. The number of thioether (sulfide) groups is 4. The van der Waals surface area contributed by atoms with Crippen LogP contribution in [-0.4, -0.2) is 23.0 Å². The lowest BCUT2D eigenvalue weighted by Crippen LogP contribution is -2.31. The molecule has 0 amide bonds. The highest BCUT2D eigenvalue weighted by atomic mass is 32.2. The fourth-order valence-electron chi connectivity index (χ4n) is 3.31. The summed E-state index contributed by atoms with van der Waals surface area (Å²) >= 11 is 8.28. The van der Waals surface area contributed by atoms with Crippen LogP contribution in [0, 0.1) is 5.41 Å². The Hall–Kier alpha value is -0.680. The molecule has 140 valence electrons. The molecule has 0 fully saturated rings. The average molecular weight is 429 g/mol. The molecule has 0 N–H and O–H groups in total. The molecule has 0 saturated heterocycles. The van der Waals surface area contributed by atoms with Crippen LogP contribution in [0.15, 0.2) is 70.5 Å². The molecule has 2 aliphatic rings. The molecule has 1 spiro atoms. The van der Waals surface area contributed by atoms with Crippen molar-refractivity contribution in [3.8, 4) is 0 Å². The minimum atomic E-state index is 0.375. The van der Waals surface area contributed by atoms with Crippen LogP contribution in [0.3, 0.4) is 0 Å². The predicted octanol–water partition coefficient (Wildman–Crippen LogP) is 7.71. The van der Waals surface area contributed by atoms with Crippen molar-refractivity contribution in [3.05, 3.63) is 81.6 Å². The lowest BCUT2D eigenvalue weighted by atomic mass is 9.99. The summed E-state index contributed by atoms with van der Waals surface area (Å²) in [6.45, 7) is 4.60. The normalized spacial score (nSPS) is 20.5. The Morgan fingerprint density at radius 2 is 0.926 bits per heavy atom. The predicted molar refractivity (Wildman–Crippen MR) is 130 cm³/mol. The maximum absolute atomic E-state index is 2.30. The van der Waals surface area contributed by atoms with E-state index in [1.807, 2.05) is 0 Å². The van der Waals surface area contributed by atoms with E-state index in [4.69, 9.17) is 0 Å². The van der Waals surface area contributed by atoms with Crippen LogP contribution in [0.5, 0.6) is 0 Å². The fourth-order valence-corrected chi connectivity index (χ4v) is 9.47. The maximum Gasteiger partial charge on any atom is 0.0237 e. The zero-order valence-corrected chi connectivity index (χ0v) is 19.0. The van der Waals surface area contributed by atoms with Gasteiger partial charge in [0.2, 0.25) is 0 Å². The van der Waals surface area contributed by atoms with Gasteiger partial charge in [-0.3, -0.25) is 0 Å². The standard InChI is InChI=1S/C23H24S4/c1-17-21(19-9-5-3-6-10-19)26-15-23(13-24-17)14-25-18(2)22(27-16-23)20-11-7-4-8-12-20/h3-12H,13-16H2,1-2H3. The Morgan fingerprint density at radius 1 is 0.556 bits per heavy atom. The van der Waals surface area contributed by atoms with Crippen LogP contribution in [0.2, 0.25) is 0 Å². The minimum Gasteiger partial charge on any atom is -0.129 e. The van der Waals surface area contributed by atoms with Crippen molar-refractivity contribution in [2.75, 3.05) is 23.0 Å². The Bertz CT molecular complexity index is 779. The van der Waals surface area contributed by atoms with Crippen molar-refractivity contribution in [3.63, 3.8) is 0 Å². The van der Waals surface area contributed by atoms with Crippen LogP contribution >= 0.6 is 47.0 Å². The van der Waals surface area contributed by atoms with Crippen LogP contribution in [-0.2, 0) is 0 Å². The zero-order chi connectivity index (χ0) is 18.7. The van der Waals surface area contributed by atoms with E-state index in [2.05, 4.69) is 122 Å². The summed E-state index contributed by atoms with van der Waals surface area (Å²) in [5.41, 5.74) is 3.12. The van der Waals surface area contributed by atoms with Gasteiger partial charge in [0.15, 0.2) is 0 Å². The topological polar surface area (TPSA) is 0 Å². The van der Waals surface area contributed by atoms with Gasteiger partial charge >= 0.3 is 0 Å². The molecule has 0 atom stereocenters. The van der Waals surface area contributed by atoms with Crippen LogP contribution < -0.4 is 0 Å². The Kier molecular flexibility index (Phi) is 6.38. The molecule has 4 rings (SSSR count). The molecule has 0 bridgehead atoms. The van der Waals surface area contributed by atoms with Crippen molar-refractivity contribution in [2.45, 2.75) is 13.8 Å². The van der Waals surface area contributed by atoms with Crippen molar-refractivity contribution in [1.82, 2.24) is 0 Å². The lowest BCUT2D eigenvalue weighted by molar-refractivity contribution is 0.519. The molecule has 0 saturated carbocycles. The van der Waals surface area contributed by atoms with Crippen LogP contribution in [0.1, 0.15) is 25.0 Å². The van der Waals surface area contributed by atoms with Gasteiger partial charge in [0.05, 0.1) is 0 Å². The number of rotatable bonds is 2. The summed E-state index contributed by atoms with van der Waals surface area (Å²) in [5, 5.41) is 0. The molecule has 0 unspecified atom stereocenters. The maximum atomic E-state index is 2.30. The SMILES string of the molecule is CC1=C(c2ccccc2)SCC2(CS1)CSC(C)=C(c1ccccc1)SC2. The Labute approximate surface area is 180 Å².